The first-order chi connectivity index (χ1) is 11.2. The van der Waals surface area contributed by atoms with Gasteiger partial charge in [-0.3, -0.25) is 4.90 Å². The lowest BCUT2D eigenvalue weighted by molar-refractivity contribution is 0.190. The Morgan fingerprint density at radius 1 is 1.38 bits per heavy atom. The fourth-order valence-electron chi connectivity index (χ4n) is 2.66. The summed E-state index contributed by atoms with van der Waals surface area (Å²) >= 11 is 0. The second-order valence-electron chi connectivity index (χ2n) is 5.75. The van der Waals surface area contributed by atoms with Crippen LogP contribution in [0.2, 0.25) is 0 Å². The second-order valence-corrected chi connectivity index (χ2v) is 5.75. The molecule has 1 atom stereocenters. The van der Waals surface area contributed by atoms with Crippen molar-refractivity contribution in [3.05, 3.63) is 41.5 Å². The minimum absolute atomic E-state index is 0. The number of benzene rings is 1. The average molecular weight is 351 g/mol. The molecule has 1 N–H and O–H groups in total. The van der Waals surface area contributed by atoms with Crippen LogP contribution in [0.25, 0.3) is 11.6 Å². The molecular weight excluding hydrogens is 328 g/mol. The van der Waals surface area contributed by atoms with Crippen LogP contribution in [-0.4, -0.2) is 48.8 Å². The third kappa shape index (κ3) is 4.14. The summed E-state index contributed by atoms with van der Waals surface area (Å²) in [5, 5.41) is 7.49. The van der Waals surface area contributed by atoms with Crippen LogP contribution >= 0.6 is 12.4 Å². The van der Waals surface area contributed by atoms with Gasteiger partial charge in [0.1, 0.15) is 5.75 Å². The monoisotopic (exact) mass is 350 g/mol. The predicted molar refractivity (Wildman–Crippen MR) is 96.3 cm³/mol. The van der Waals surface area contributed by atoms with Crippen LogP contribution in [-0.2, 0) is 0 Å². The number of nitrogens with one attached hydrogen (secondary N) is 1. The van der Waals surface area contributed by atoms with E-state index in [1.54, 1.807) is 7.11 Å². The summed E-state index contributed by atoms with van der Waals surface area (Å²) < 4.78 is 10.6. The first-order valence-corrected chi connectivity index (χ1v) is 7.74. The van der Waals surface area contributed by atoms with E-state index in [2.05, 4.69) is 27.4 Å². The summed E-state index contributed by atoms with van der Waals surface area (Å²) in [7, 11) is 3.74. The summed E-state index contributed by atoms with van der Waals surface area (Å²) in [4.78, 5) is 6.76. The third-order valence-corrected chi connectivity index (χ3v) is 4.15. The molecular formula is C17H23ClN4O2. The van der Waals surface area contributed by atoms with Crippen LogP contribution in [0, 0.1) is 0 Å². The van der Waals surface area contributed by atoms with Crippen LogP contribution in [0.1, 0.15) is 30.2 Å². The highest BCUT2D eigenvalue weighted by molar-refractivity contribution is 5.85. The average Bonchev–Trinajstić information content (AvgIpc) is 3.03. The molecule has 0 aliphatic carbocycles. The SMILES string of the molecule is COc1ccc(/C(C)=C/c2nc(C3CNCCN3C)no2)cc1.Cl. The highest BCUT2D eigenvalue weighted by Crippen LogP contribution is 2.22. The van der Waals surface area contributed by atoms with E-state index in [4.69, 9.17) is 9.26 Å². The predicted octanol–water partition coefficient (Wildman–Crippen LogP) is 2.64. The van der Waals surface area contributed by atoms with Crippen molar-refractivity contribution in [1.29, 1.82) is 0 Å². The van der Waals surface area contributed by atoms with E-state index < -0.39 is 0 Å². The van der Waals surface area contributed by atoms with Gasteiger partial charge in [0.2, 0.25) is 0 Å². The Labute approximate surface area is 148 Å². The summed E-state index contributed by atoms with van der Waals surface area (Å²) in [5.41, 5.74) is 2.17. The molecule has 0 spiro atoms. The molecule has 1 fully saturated rings. The maximum atomic E-state index is 5.39. The molecule has 130 valence electrons. The fourth-order valence-corrected chi connectivity index (χ4v) is 2.66. The fraction of sp³-hybridized carbons (Fsp3) is 0.412. The molecule has 1 aromatic carbocycles. The van der Waals surface area contributed by atoms with Gasteiger partial charge in [0.05, 0.1) is 13.2 Å². The molecule has 0 bridgehead atoms. The molecule has 1 unspecified atom stereocenters. The van der Waals surface area contributed by atoms with Gasteiger partial charge in [0.25, 0.3) is 5.89 Å². The molecule has 0 saturated carbocycles. The van der Waals surface area contributed by atoms with E-state index in [1.807, 2.05) is 37.3 Å². The molecule has 6 nitrogen and oxygen atoms in total. The van der Waals surface area contributed by atoms with E-state index in [9.17, 15) is 0 Å². The highest BCUT2D eigenvalue weighted by Gasteiger charge is 2.24. The standard InChI is InChI=1S/C17H22N4O2.ClH/c1-12(13-4-6-14(22-3)7-5-13)10-16-19-17(20-23-16)15-11-18-8-9-21(15)2;/h4-7,10,15,18H,8-9,11H2,1-3H3;1H/b12-10+;. The lowest BCUT2D eigenvalue weighted by Gasteiger charge is -2.30. The minimum atomic E-state index is 0. The number of methoxy groups -OCH3 is 1. The minimum Gasteiger partial charge on any atom is -0.497 e. The van der Waals surface area contributed by atoms with Crippen molar-refractivity contribution in [2.75, 3.05) is 33.8 Å². The number of rotatable bonds is 4. The van der Waals surface area contributed by atoms with Gasteiger partial charge in [-0.15, -0.1) is 12.4 Å². The number of allylic oxidation sites excluding steroid dienone is 1. The third-order valence-electron chi connectivity index (χ3n) is 4.15. The van der Waals surface area contributed by atoms with E-state index in [0.29, 0.717) is 5.89 Å². The van der Waals surface area contributed by atoms with Gasteiger partial charge < -0.3 is 14.6 Å². The van der Waals surface area contributed by atoms with Crippen molar-refractivity contribution in [3.63, 3.8) is 0 Å². The largest absolute Gasteiger partial charge is 0.497 e. The summed E-state index contributed by atoms with van der Waals surface area (Å²) in [6, 6.07) is 8.07. The number of nitrogens with zero attached hydrogens (tertiary/aromatic N) is 3. The molecule has 1 aromatic heterocycles. The summed E-state index contributed by atoms with van der Waals surface area (Å²) in [6.45, 7) is 4.85. The second kappa shape index (κ2) is 8.28. The topological polar surface area (TPSA) is 63.4 Å². The molecule has 0 amide bonds. The zero-order valence-electron chi connectivity index (χ0n) is 14.2. The van der Waals surface area contributed by atoms with Crippen LogP contribution in [0.5, 0.6) is 5.75 Å². The molecule has 2 heterocycles. The molecule has 7 heteroatoms. The Morgan fingerprint density at radius 3 is 2.79 bits per heavy atom. The van der Waals surface area contributed by atoms with Gasteiger partial charge in [-0.2, -0.15) is 4.98 Å². The van der Waals surface area contributed by atoms with Crippen LogP contribution in [0.15, 0.2) is 28.8 Å². The van der Waals surface area contributed by atoms with Crippen molar-refractivity contribution >= 4 is 24.1 Å². The van der Waals surface area contributed by atoms with Crippen molar-refractivity contribution in [3.8, 4) is 5.75 Å². The van der Waals surface area contributed by atoms with Gasteiger partial charge >= 0.3 is 0 Å². The first-order valence-electron chi connectivity index (χ1n) is 7.74. The molecule has 1 aliphatic rings. The number of piperazine rings is 1. The lowest BCUT2D eigenvalue weighted by atomic mass is 10.1. The molecule has 3 rings (SSSR count). The van der Waals surface area contributed by atoms with Gasteiger partial charge in [-0.05, 0) is 37.2 Å². The van der Waals surface area contributed by atoms with Gasteiger partial charge in [0.15, 0.2) is 5.82 Å². The molecule has 2 aromatic rings. The van der Waals surface area contributed by atoms with E-state index >= 15 is 0 Å². The van der Waals surface area contributed by atoms with Crippen molar-refractivity contribution < 1.29 is 9.26 Å². The number of ether oxygens (including phenoxy) is 1. The van der Waals surface area contributed by atoms with Crippen molar-refractivity contribution in [1.82, 2.24) is 20.4 Å². The van der Waals surface area contributed by atoms with Crippen LogP contribution in [0.4, 0.5) is 0 Å². The number of hydrogen-bond acceptors (Lipinski definition) is 6. The molecule has 24 heavy (non-hydrogen) atoms. The zero-order valence-corrected chi connectivity index (χ0v) is 15.0. The van der Waals surface area contributed by atoms with E-state index in [-0.39, 0.29) is 18.4 Å². The van der Waals surface area contributed by atoms with Gasteiger partial charge in [0, 0.05) is 25.7 Å². The summed E-state index contributed by atoms with van der Waals surface area (Å²) in [6.07, 6.45) is 1.91. The lowest BCUT2D eigenvalue weighted by Crippen LogP contribution is -2.44. The number of hydrogen-bond donors (Lipinski definition) is 1. The van der Waals surface area contributed by atoms with Gasteiger partial charge in [-0.25, -0.2) is 0 Å². The number of halogens is 1. The van der Waals surface area contributed by atoms with E-state index in [0.717, 1.165) is 42.3 Å². The van der Waals surface area contributed by atoms with Gasteiger partial charge in [-0.1, -0.05) is 17.3 Å². The van der Waals surface area contributed by atoms with E-state index in [1.165, 1.54) is 0 Å². The maximum Gasteiger partial charge on any atom is 0.250 e. The van der Waals surface area contributed by atoms with Crippen molar-refractivity contribution in [2.24, 2.45) is 0 Å². The van der Waals surface area contributed by atoms with Crippen LogP contribution < -0.4 is 10.1 Å². The molecule has 1 saturated heterocycles. The normalized spacial score (nSPS) is 19.0. The molecule has 0 radical (unpaired) electrons. The van der Waals surface area contributed by atoms with Crippen LogP contribution in [0.3, 0.4) is 0 Å². The Kier molecular flexibility index (Phi) is 6.36. The Balaban J connectivity index is 0.00000208. The smallest absolute Gasteiger partial charge is 0.250 e. The molecule has 1 aliphatic heterocycles. The Morgan fingerprint density at radius 2 is 2.12 bits per heavy atom. The zero-order chi connectivity index (χ0) is 16.2. The quantitative estimate of drug-likeness (QED) is 0.914. The Hall–Kier alpha value is -1.89. The number of likely N-dealkylation sites (N-methyl/N-ethyl adjacent to an activating group) is 1. The van der Waals surface area contributed by atoms with Crippen molar-refractivity contribution in [2.45, 2.75) is 13.0 Å². The summed E-state index contributed by atoms with van der Waals surface area (Å²) in [5.74, 6) is 2.11. The maximum absolute atomic E-state index is 5.39. The first kappa shape index (κ1) is 18.4. The highest BCUT2D eigenvalue weighted by atomic mass is 35.5. The number of aromatic nitrogens is 2. The Bertz CT molecular complexity index is 684.